The zero-order valence-corrected chi connectivity index (χ0v) is 9.10. The van der Waals surface area contributed by atoms with Crippen molar-refractivity contribution in [3.05, 3.63) is 0 Å². The van der Waals surface area contributed by atoms with Gasteiger partial charge in [-0.15, -0.1) is 0 Å². The van der Waals surface area contributed by atoms with E-state index in [2.05, 4.69) is 0 Å². The van der Waals surface area contributed by atoms with Gasteiger partial charge in [0.25, 0.3) is 0 Å². The molecule has 0 spiro atoms. The molecule has 0 bridgehead atoms. The van der Waals surface area contributed by atoms with E-state index in [-0.39, 0.29) is 11.2 Å². The van der Waals surface area contributed by atoms with E-state index in [1.165, 1.54) is 0 Å². The van der Waals surface area contributed by atoms with E-state index in [0.29, 0.717) is 6.51 Å². The van der Waals surface area contributed by atoms with Crippen LogP contribution in [0.25, 0.3) is 0 Å². The van der Waals surface area contributed by atoms with Gasteiger partial charge in [-0.2, -0.15) is 0 Å². The van der Waals surface area contributed by atoms with Gasteiger partial charge >= 0.3 is 0 Å². The summed E-state index contributed by atoms with van der Waals surface area (Å²) in [5.74, 6) is 0. The fourth-order valence-corrected chi connectivity index (χ4v) is 0.711. The van der Waals surface area contributed by atoms with E-state index >= 15 is 0 Å². The maximum absolute atomic E-state index is 5.65. The minimum Gasteiger partial charge on any atom is -0.381 e. The smallest absolute Gasteiger partial charge is 0.141 e. The Hall–Kier alpha value is -0.0151. The summed E-state index contributed by atoms with van der Waals surface area (Å²) in [6.45, 7) is 10.8. The highest BCUT2D eigenvalue weighted by Gasteiger charge is 2.37. The second-order valence-corrected chi connectivity index (χ2v) is 3.94. The van der Waals surface area contributed by atoms with Gasteiger partial charge in [0.05, 0.1) is 11.2 Å². The van der Waals surface area contributed by atoms with Gasteiger partial charge in [0, 0.05) is 13.6 Å². The van der Waals surface area contributed by atoms with Crippen LogP contribution in [0.1, 0.15) is 27.7 Å². The Bertz CT molecular complexity index is 132. The quantitative estimate of drug-likeness (QED) is 0.588. The number of methoxy groups -OCH3 is 1. The molecule has 0 unspecified atom stereocenters. The number of hydrogen-bond donors (Lipinski definition) is 0. The number of ether oxygens (including phenoxy) is 2. The molecule has 0 amide bonds. The van der Waals surface area contributed by atoms with Crippen molar-refractivity contribution in [2.75, 3.05) is 13.6 Å². The molecule has 0 heterocycles. The molecule has 0 atom stereocenters. The molecule has 2 nitrogen and oxygen atoms in total. The van der Waals surface area contributed by atoms with Crippen LogP contribution >= 0.6 is 0 Å². The van der Waals surface area contributed by atoms with Crippen LogP contribution in [0.2, 0.25) is 6.82 Å². The Kier molecular flexibility index (Phi) is 4.28. The van der Waals surface area contributed by atoms with Gasteiger partial charge in [-0.05, 0) is 27.7 Å². The zero-order valence-electron chi connectivity index (χ0n) is 9.10. The van der Waals surface area contributed by atoms with Gasteiger partial charge in [0.15, 0.2) is 0 Å². The molecule has 0 rings (SSSR count). The van der Waals surface area contributed by atoms with Gasteiger partial charge in [-0.3, -0.25) is 0 Å². The normalized spacial score (nSPS) is 13.2. The first-order valence-electron chi connectivity index (χ1n) is 4.34. The molecule has 0 aromatic heterocycles. The highest BCUT2D eigenvalue weighted by molar-refractivity contribution is 6.33. The summed E-state index contributed by atoms with van der Waals surface area (Å²) in [7, 11) is 3.70. The summed E-state index contributed by atoms with van der Waals surface area (Å²) in [4.78, 5) is 0. The molecule has 12 heavy (non-hydrogen) atoms. The molecule has 0 aliphatic carbocycles. The molecule has 0 saturated carbocycles. The lowest BCUT2D eigenvalue weighted by atomic mass is 9.83. The third-order valence-corrected chi connectivity index (χ3v) is 2.57. The summed E-state index contributed by atoms with van der Waals surface area (Å²) in [6.07, 6.45) is 0. The Labute approximate surface area is 76.9 Å². The third kappa shape index (κ3) is 2.79. The monoisotopic (exact) mass is 171 g/mol. The molecule has 1 radical (unpaired) electrons. The lowest BCUT2D eigenvalue weighted by Gasteiger charge is -2.40. The first kappa shape index (κ1) is 12.0. The predicted octanol–water partition coefficient (Wildman–Crippen LogP) is 1.92. The van der Waals surface area contributed by atoms with E-state index in [9.17, 15) is 0 Å². The van der Waals surface area contributed by atoms with Gasteiger partial charge in [0.1, 0.15) is 7.28 Å². The predicted molar refractivity (Wildman–Crippen MR) is 52.7 cm³/mol. The summed E-state index contributed by atoms with van der Waals surface area (Å²) >= 11 is 0. The minimum atomic E-state index is -0.256. The first-order valence-corrected chi connectivity index (χ1v) is 4.34. The van der Waals surface area contributed by atoms with Crippen LogP contribution in [-0.4, -0.2) is 32.1 Å². The fourth-order valence-electron chi connectivity index (χ4n) is 0.711. The van der Waals surface area contributed by atoms with Gasteiger partial charge in [0.2, 0.25) is 0 Å². The molecule has 0 fully saturated rings. The van der Waals surface area contributed by atoms with Crippen LogP contribution in [0, 0.1) is 0 Å². The van der Waals surface area contributed by atoms with Crippen LogP contribution < -0.4 is 0 Å². The Morgan fingerprint density at radius 3 is 1.92 bits per heavy atom. The van der Waals surface area contributed by atoms with Crippen LogP contribution in [-0.2, 0) is 9.47 Å². The Morgan fingerprint density at radius 2 is 1.58 bits per heavy atom. The van der Waals surface area contributed by atoms with Crippen molar-refractivity contribution in [1.82, 2.24) is 0 Å². The molecule has 71 valence electrons. The molecule has 0 saturated heterocycles. The van der Waals surface area contributed by atoms with Crippen LogP contribution in [0.3, 0.4) is 0 Å². The van der Waals surface area contributed by atoms with E-state index in [0.717, 1.165) is 0 Å². The fraction of sp³-hybridized carbons (Fsp3) is 1.00. The topological polar surface area (TPSA) is 18.5 Å². The average molecular weight is 171 g/mol. The molecule has 0 aromatic carbocycles. The van der Waals surface area contributed by atoms with Gasteiger partial charge in [-0.1, -0.05) is 6.82 Å². The van der Waals surface area contributed by atoms with Crippen molar-refractivity contribution in [2.24, 2.45) is 0 Å². The van der Waals surface area contributed by atoms with Crippen LogP contribution in [0.5, 0.6) is 0 Å². The van der Waals surface area contributed by atoms with E-state index < -0.39 is 0 Å². The molecule has 3 heteroatoms. The van der Waals surface area contributed by atoms with Crippen LogP contribution in [0.4, 0.5) is 0 Å². The molecular formula is C9H20BO2. The van der Waals surface area contributed by atoms with Crippen molar-refractivity contribution < 1.29 is 9.47 Å². The second-order valence-electron chi connectivity index (χ2n) is 3.94. The van der Waals surface area contributed by atoms with E-state index in [1.807, 2.05) is 41.8 Å². The van der Waals surface area contributed by atoms with E-state index in [4.69, 9.17) is 9.47 Å². The minimum absolute atomic E-state index is 0.254. The number of hydrogen-bond acceptors (Lipinski definition) is 2. The molecule has 0 aliphatic heterocycles. The van der Waals surface area contributed by atoms with Crippen LogP contribution in [0.15, 0.2) is 0 Å². The average Bonchev–Trinajstić information content (AvgIpc) is 2.00. The SMILES string of the molecule is C[B]COC(C)(C)C(C)(C)OC. The lowest BCUT2D eigenvalue weighted by molar-refractivity contribution is -0.153. The van der Waals surface area contributed by atoms with Gasteiger partial charge < -0.3 is 9.47 Å². The van der Waals surface area contributed by atoms with Crippen molar-refractivity contribution in [2.45, 2.75) is 45.7 Å². The molecule has 0 aliphatic rings. The maximum atomic E-state index is 5.65. The molecular weight excluding hydrogens is 151 g/mol. The lowest BCUT2D eigenvalue weighted by Crippen LogP contribution is -2.49. The second kappa shape index (κ2) is 4.29. The Balaban J connectivity index is 4.17. The summed E-state index contributed by atoms with van der Waals surface area (Å²) in [6, 6.07) is 0. The number of rotatable bonds is 5. The summed E-state index contributed by atoms with van der Waals surface area (Å²) in [5.41, 5.74) is -0.510. The Morgan fingerprint density at radius 1 is 1.08 bits per heavy atom. The van der Waals surface area contributed by atoms with Crippen molar-refractivity contribution >= 4 is 7.28 Å². The molecule has 0 N–H and O–H groups in total. The van der Waals surface area contributed by atoms with Crippen molar-refractivity contribution in [1.29, 1.82) is 0 Å². The zero-order chi connectivity index (χ0) is 9.83. The third-order valence-electron chi connectivity index (χ3n) is 2.57. The summed E-state index contributed by atoms with van der Waals surface area (Å²) in [5, 5.41) is 0. The highest BCUT2D eigenvalue weighted by Crippen LogP contribution is 2.27. The molecule has 0 aromatic rings. The van der Waals surface area contributed by atoms with E-state index in [1.54, 1.807) is 7.11 Å². The highest BCUT2D eigenvalue weighted by atomic mass is 16.6. The van der Waals surface area contributed by atoms with Crippen molar-refractivity contribution in [3.8, 4) is 0 Å². The summed E-state index contributed by atoms with van der Waals surface area (Å²) < 4.78 is 11.0. The van der Waals surface area contributed by atoms with Gasteiger partial charge in [-0.25, -0.2) is 0 Å². The maximum Gasteiger partial charge on any atom is 0.141 e. The van der Waals surface area contributed by atoms with Crippen molar-refractivity contribution in [3.63, 3.8) is 0 Å². The largest absolute Gasteiger partial charge is 0.381 e. The first-order chi connectivity index (χ1) is 5.37. The standard InChI is InChI=1S/C9H20BO2/c1-8(2,11-6)9(3,4)12-7-10-5/h7H2,1-6H3.